The molecule has 0 saturated carbocycles. The Kier molecular flexibility index (Phi) is 4.11. The van der Waals surface area contributed by atoms with Crippen molar-refractivity contribution >= 4 is 21.6 Å². The third-order valence-corrected chi connectivity index (χ3v) is 3.68. The standard InChI is InChI=1S/C12H17N3O2S/c1-7(2)9(16)5-13-6-10-14-8-3-4-18-11(8)12(17)15-10/h3-4,7,9,13,16H,5-6H2,1-2H3,(H,14,15,17). The van der Waals surface area contributed by atoms with Gasteiger partial charge in [0.1, 0.15) is 10.5 Å². The van der Waals surface area contributed by atoms with Crippen molar-refractivity contribution in [2.75, 3.05) is 6.54 Å². The maximum Gasteiger partial charge on any atom is 0.268 e. The van der Waals surface area contributed by atoms with E-state index in [1.807, 2.05) is 25.3 Å². The first-order chi connectivity index (χ1) is 8.58. The first-order valence-corrected chi connectivity index (χ1v) is 6.81. The van der Waals surface area contributed by atoms with E-state index in [1.165, 1.54) is 11.3 Å². The Morgan fingerprint density at radius 3 is 3.06 bits per heavy atom. The molecular formula is C12H17N3O2S. The van der Waals surface area contributed by atoms with Crippen LogP contribution in [0.3, 0.4) is 0 Å². The van der Waals surface area contributed by atoms with E-state index in [1.54, 1.807) is 0 Å². The molecule has 0 aliphatic rings. The van der Waals surface area contributed by atoms with Crippen LogP contribution in [0.4, 0.5) is 0 Å². The summed E-state index contributed by atoms with van der Waals surface area (Å²) in [5.74, 6) is 0.811. The van der Waals surface area contributed by atoms with E-state index in [4.69, 9.17) is 0 Å². The molecule has 0 radical (unpaired) electrons. The number of fused-ring (bicyclic) bond motifs is 1. The Bertz CT molecular complexity index is 576. The second-order valence-corrected chi connectivity index (χ2v) is 5.51. The molecule has 18 heavy (non-hydrogen) atoms. The Balaban J connectivity index is 2.02. The predicted octanol–water partition coefficient (Wildman–Crippen LogP) is 1.09. The highest BCUT2D eigenvalue weighted by Gasteiger charge is 2.09. The molecule has 0 aliphatic carbocycles. The van der Waals surface area contributed by atoms with Crippen molar-refractivity contribution in [3.8, 4) is 0 Å². The van der Waals surface area contributed by atoms with E-state index >= 15 is 0 Å². The number of H-pyrrole nitrogens is 1. The molecule has 2 aromatic heterocycles. The summed E-state index contributed by atoms with van der Waals surface area (Å²) in [5, 5.41) is 14.6. The van der Waals surface area contributed by atoms with Crippen LogP contribution in [0, 0.1) is 5.92 Å². The van der Waals surface area contributed by atoms with Gasteiger partial charge in [-0.15, -0.1) is 11.3 Å². The molecule has 0 amide bonds. The molecule has 2 heterocycles. The number of hydrogen-bond acceptors (Lipinski definition) is 5. The van der Waals surface area contributed by atoms with Gasteiger partial charge in [-0.25, -0.2) is 4.98 Å². The van der Waals surface area contributed by atoms with Crippen LogP contribution in [0.1, 0.15) is 19.7 Å². The van der Waals surface area contributed by atoms with E-state index in [2.05, 4.69) is 15.3 Å². The lowest BCUT2D eigenvalue weighted by molar-refractivity contribution is 0.123. The van der Waals surface area contributed by atoms with Gasteiger partial charge in [0.05, 0.1) is 18.2 Å². The van der Waals surface area contributed by atoms with Crippen LogP contribution >= 0.6 is 11.3 Å². The summed E-state index contributed by atoms with van der Waals surface area (Å²) in [6, 6.07) is 1.84. The molecule has 3 N–H and O–H groups in total. The zero-order valence-electron chi connectivity index (χ0n) is 10.4. The summed E-state index contributed by atoms with van der Waals surface area (Å²) in [6.45, 7) is 4.86. The van der Waals surface area contributed by atoms with E-state index in [9.17, 15) is 9.90 Å². The molecule has 0 bridgehead atoms. The van der Waals surface area contributed by atoms with Crippen LogP contribution in [-0.4, -0.2) is 27.7 Å². The smallest absolute Gasteiger partial charge is 0.268 e. The number of hydrogen-bond donors (Lipinski definition) is 3. The molecular weight excluding hydrogens is 250 g/mol. The molecule has 0 spiro atoms. The van der Waals surface area contributed by atoms with Gasteiger partial charge in [-0.3, -0.25) is 4.79 Å². The third-order valence-electron chi connectivity index (χ3n) is 2.78. The molecule has 1 unspecified atom stereocenters. The number of aromatic nitrogens is 2. The minimum Gasteiger partial charge on any atom is -0.392 e. The van der Waals surface area contributed by atoms with Crippen molar-refractivity contribution in [2.45, 2.75) is 26.5 Å². The van der Waals surface area contributed by atoms with Crippen LogP contribution in [0.5, 0.6) is 0 Å². The number of thiophene rings is 1. The minimum atomic E-state index is -0.387. The van der Waals surface area contributed by atoms with Gasteiger partial charge in [0.2, 0.25) is 0 Å². The summed E-state index contributed by atoms with van der Waals surface area (Å²) in [6.07, 6.45) is -0.387. The molecule has 1 atom stereocenters. The lowest BCUT2D eigenvalue weighted by Crippen LogP contribution is -2.31. The van der Waals surface area contributed by atoms with Gasteiger partial charge in [-0.05, 0) is 17.4 Å². The van der Waals surface area contributed by atoms with Crippen LogP contribution in [0.15, 0.2) is 16.2 Å². The van der Waals surface area contributed by atoms with Gasteiger partial charge in [0.15, 0.2) is 0 Å². The molecule has 2 rings (SSSR count). The zero-order valence-corrected chi connectivity index (χ0v) is 11.3. The second kappa shape index (κ2) is 5.60. The zero-order chi connectivity index (χ0) is 13.1. The van der Waals surface area contributed by atoms with Crippen molar-refractivity contribution in [3.05, 3.63) is 27.6 Å². The summed E-state index contributed by atoms with van der Waals surface area (Å²) in [5.41, 5.74) is 0.626. The lowest BCUT2D eigenvalue weighted by atomic mass is 10.1. The van der Waals surface area contributed by atoms with Gasteiger partial charge in [-0.2, -0.15) is 0 Å². The Hall–Kier alpha value is -1.24. The quantitative estimate of drug-likeness (QED) is 0.758. The fourth-order valence-electron chi connectivity index (χ4n) is 1.58. The van der Waals surface area contributed by atoms with Crippen LogP contribution in [0.2, 0.25) is 0 Å². The van der Waals surface area contributed by atoms with E-state index < -0.39 is 0 Å². The van der Waals surface area contributed by atoms with Gasteiger partial charge in [0, 0.05) is 6.54 Å². The number of aliphatic hydroxyl groups is 1. The SMILES string of the molecule is CC(C)C(O)CNCc1nc2ccsc2c(=O)[nH]1. The number of rotatable bonds is 5. The van der Waals surface area contributed by atoms with E-state index in [0.29, 0.717) is 23.6 Å². The molecule has 6 heteroatoms. The minimum absolute atomic E-state index is 0.101. The van der Waals surface area contributed by atoms with Crippen LogP contribution < -0.4 is 10.9 Å². The van der Waals surface area contributed by atoms with Crippen LogP contribution in [0.25, 0.3) is 10.2 Å². The summed E-state index contributed by atoms with van der Waals surface area (Å²) in [7, 11) is 0. The average molecular weight is 267 g/mol. The summed E-state index contributed by atoms with van der Waals surface area (Å²) in [4.78, 5) is 18.8. The van der Waals surface area contributed by atoms with Crippen molar-refractivity contribution in [1.29, 1.82) is 0 Å². The third kappa shape index (κ3) is 2.95. The monoisotopic (exact) mass is 267 g/mol. The van der Waals surface area contributed by atoms with Gasteiger partial charge in [0.25, 0.3) is 5.56 Å². The molecule has 0 saturated heterocycles. The first-order valence-electron chi connectivity index (χ1n) is 5.93. The average Bonchev–Trinajstić information content (AvgIpc) is 2.77. The van der Waals surface area contributed by atoms with Crippen LogP contribution in [-0.2, 0) is 6.54 Å². The van der Waals surface area contributed by atoms with Crippen molar-refractivity contribution in [1.82, 2.24) is 15.3 Å². The molecule has 98 valence electrons. The first kappa shape index (κ1) is 13.2. The normalized spacial score (nSPS) is 13.3. The fourth-order valence-corrected chi connectivity index (χ4v) is 2.31. The molecule has 2 aromatic rings. The molecule has 0 aromatic carbocycles. The maximum absolute atomic E-state index is 11.7. The Morgan fingerprint density at radius 1 is 1.56 bits per heavy atom. The van der Waals surface area contributed by atoms with Crippen molar-refractivity contribution < 1.29 is 5.11 Å². The lowest BCUT2D eigenvalue weighted by Gasteiger charge is -2.14. The van der Waals surface area contributed by atoms with Gasteiger partial charge in [-0.1, -0.05) is 13.8 Å². The summed E-state index contributed by atoms with van der Waals surface area (Å²) < 4.78 is 0.654. The second-order valence-electron chi connectivity index (χ2n) is 4.59. The summed E-state index contributed by atoms with van der Waals surface area (Å²) >= 11 is 1.39. The Labute approximate surface area is 109 Å². The Morgan fingerprint density at radius 2 is 2.33 bits per heavy atom. The van der Waals surface area contributed by atoms with E-state index in [-0.39, 0.29) is 17.6 Å². The fraction of sp³-hybridized carbons (Fsp3) is 0.500. The number of aromatic amines is 1. The highest BCUT2D eigenvalue weighted by molar-refractivity contribution is 7.17. The van der Waals surface area contributed by atoms with Gasteiger partial charge >= 0.3 is 0 Å². The molecule has 0 fully saturated rings. The number of nitrogens with one attached hydrogen (secondary N) is 2. The number of nitrogens with zero attached hydrogens (tertiary/aromatic N) is 1. The highest BCUT2D eigenvalue weighted by Crippen LogP contribution is 2.13. The topological polar surface area (TPSA) is 78.0 Å². The maximum atomic E-state index is 11.7. The molecule has 5 nitrogen and oxygen atoms in total. The van der Waals surface area contributed by atoms with Crippen molar-refractivity contribution in [3.63, 3.8) is 0 Å². The van der Waals surface area contributed by atoms with Crippen molar-refractivity contribution in [2.24, 2.45) is 5.92 Å². The highest BCUT2D eigenvalue weighted by atomic mass is 32.1. The number of aliphatic hydroxyl groups excluding tert-OH is 1. The largest absolute Gasteiger partial charge is 0.392 e. The van der Waals surface area contributed by atoms with E-state index in [0.717, 1.165) is 5.52 Å². The predicted molar refractivity (Wildman–Crippen MR) is 72.8 cm³/mol. The molecule has 0 aliphatic heterocycles. The van der Waals surface area contributed by atoms with Gasteiger partial charge < -0.3 is 15.4 Å².